The van der Waals surface area contributed by atoms with Gasteiger partial charge in [-0.3, -0.25) is 9.59 Å². The number of amides is 2. The highest BCUT2D eigenvalue weighted by Crippen LogP contribution is 2.29. The van der Waals surface area contributed by atoms with Gasteiger partial charge in [0.15, 0.2) is 0 Å². The van der Waals surface area contributed by atoms with Crippen LogP contribution in [-0.2, 0) is 22.4 Å². The van der Waals surface area contributed by atoms with E-state index in [1.165, 1.54) is 21.8 Å². The minimum Gasteiger partial charge on any atom is -0.480 e. The Kier molecular flexibility index (Phi) is 4.39. The first-order valence-corrected chi connectivity index (χ1v) is 7.22. The third-order valence-corrected chi connectivity index (χ3v) is 4.46. The van der Waals surface area contributed by atoms with Gasteiger partial charge in [0.05, 0.1) is 11.3 Å². The normalized spacial score (nSPS) is 15.2. The van der Waals surface area contributed by atoms with Crippen LogP contribution in [0.4, 0.5) is 0 Å². The van der Waals surface area contributed by atoms with Crippen molar-refractivity contribution in [3.63, 3.8) is 0 Å². The molecule has 7 heteroatoms. The Balaban J connectivity index is 2.08. The van der Waals surface area contributed by atoms with Crippen molar-refractivity contribution in [2.75, 3.05) is 0 Å². The molecule has 0 radical (unpaired) electrons. The minimum absolute atomic E-state index is 0.411. The number of aliphatic carboxylic acids is 1. The first kappa shape index (κ1) is 14.5. The summed E-state index contributed by atoms with van der Waals surface area (Å²) in [4.78, 5) is 35.5. The van der Waals surface area contributed by atoms with E-state index in [1.54, 1.807) is 0 Å². The maximum atomic E-state index is 12.0. The van der Waals surface area contributed by atoms with Crippen molar-refractivity contribution in [1.29, 1.82) is 0 Å². The summed E-state index contributed by atoms with van der Waals surface area (Å²) in [5.74, 6) is -2.49. The van der Waals surface area contributed by atoms with Gasteiger partial charge < -0.3 is 16.2 Å². The first-order chi connectivity index (χ1) is 9.47. The maximum absolute atomic E-state index is 12.0. The predicted molar refractivity (Wildman–Crippen MR) is 73.7 cm³/mol. The van der Waals surface area contributed by atoms with Crippen molar-refractivity contribution in [3.8, 4) is 0 Å². The Morgan fingerprint density at radius 3 is 2.65 bits per heavy atom. The number of carboxylic acid groups (broad SMARTS) is 1. The number of nitrogens with one attached hydrogen (secondary N) is 1. The first-order valence-electron chi connectivity index (χ1n) is 6.41. The predicted octanol–water partition coefficient (Wildman–Crippen LogP) is 0.685. The van der Waals surface area contributed by atoms with E-state index < -0.39 is 30.2 Å². The van der Waals surface area contributed by atoms with E-state index in [-0.39, 0.29) is 0 Å². The zero-order valence-corrected chi connectivity index (χ0v) is 11.7. The Bertz CT molecular complexity index is 529. The van der Waals surface area contributed by atoms with Gasteiger partial charge in [-0.1, -0.05) is 0 Å². The number of carbonyl (C=O) groups excluding carboxylic acids is 2. The van der Waals surface area contributed by atoms with Crippen molar-refractivity contribution in [1.82, 2.24) is 5.32 Å². The number of hydrogen-bond acceptors (Lipinski definition) is 4. The molecule has 20 heavy (non-hydrogen) atoms. The number of primary amides is 1. The summed E-state index contributed by atoms with van der Waals surface area (Å²) in [6.45, 7) is 0. The van der Waals surface area contributed by atoms with Crippen molar-refractivity contribution < 1.29 is 19.5 Å². The molecule has 1 aliphatic rings. The molecule has 1 unspecified atom stereocenters. The molecule has 108 valence electrons. The van der Waals surface area contributed by atoms with Crippen LogP contribution < -0.4 is 11.1 Å². The van der Waals surface area contributed by atoms with Crippen LogP contribution in [0.2, 0.25) is 0 Å². The lowest BCUT2D eigenvalue weighted by Crippen LogP contribution is -2.43. The third kappa shape index (κ3) is 3.36. The number of carbonyl (C=O) groups is 3. The average molecular weight is 296 g/mol. The maximum Gasteiger partial charge on any atom is 0.326 e. The van der Waals surface area contributed by atoms with Crippen molar-refractivity contribution in [3.05, 3.63) is 21.4 Å². The number of nitrogens with two attached hydrogens (primary N) is 1. The van der Waals surface area contributed by atoms with Gasteiger partial charge in [-0.25, -0.2) is 4.79 Å². The molecule has 1 atom stereocenters. The number of rotatable bonds is 5. The molecule has 0 aliphatic heterocycles. The summed E-state index contributed by atoms with van der Waals surface area (Å²) >= 11 is 1.39. The van der Waals surface area contributed by atoms with Gasteiger partial charge in [0.2, 0.25) is 5.91 Å². The minimum atomic E-state index is -1.28. The number of aryl methyl sites for hydroxylation is 2. The molecule has 0 saturated carbocycles. The second-order valence-electron chi connectivity index (χ2n) is 4.80. The van der Waals surface area contributed by atoms with Gasteiger partial charge in [0.1, 0.15) is 6.04 Å². The molecule has 1 heterocycles. The molecule has 0 aromatic carbocycles. The second-order valence-corrected chi connectivity index (χ2v) is 5.94. The van der Waals surface area contributed by atoms with Gasteiger partial charge in [0, 0.05) is 4.88 Å². The largest absolute Gasteiger partial charge is 0.480 e. The van der Waals surface area contributed by atoms with Gasteiger partial charge >= 0.3 is 5.97 Å². The molecular formula is C13H16N2O4S. The van der Waals surface area contributed by atoms with Crippen molar-refractivity contribution >= 4 is 29.1 Å². The lowest BCUT2D eigenvalue weighted by atomic mass is 9.99. The summed E-state index contributed by atoms with van der Waals surface area (Å²) in [5.41, 5.74) is 6.15. The fourth-order valence-electron chi connectivity index (χ4n) is 2.23. The van der Waals surface area contributed by atoms with E-state index in [0.29, 0.717) is 4.88 Å². The van der Waals surface area contributed by atoms with Crippen LogP contribution in [0, 0.1) is 0 Å². The van der Waals surface area contributed by atoms with Crippen molar-refractivity contribution in [2.24, 2.45) is 5.73 Å². The molecule has 1 aromatic rings. The molecule has 0 fully saturated rings. The summed E-state index contributed by atoms with van der Waals surface area (Å²) in [6.07, 6.45) is 3.75. The zero-order chi connectivity index (χ0) is 14.7. The summed E-state index contributed by atoms with van der Waals surface area (Å²) < 4.78 is 0. The van der Waals surface area contributed by atoms with E-state index in [1.807, 2.05) is 6.07 Å². The lowest BCUT2D eigenvalue weighted by Gasteiger charge is -2.11. The molecule has 0 bridgehead atoms. The number of thiophene rings is 1. The molecule has 2 amide bonds. The van der Waals surface area contributed by atoms with Gasteiger partial charge in [-0.05, 0) is 37.3 Å². The van der Waals surface area contributed by atoms with Crippen LogP contribution in [-0.4, -0.2) is 28.9 Å². The van der Waals surface area contributed by atoms with Crippen LogP contribution in [0.5, 0.6) is 0 Å². The second kappa shape index (κ2) is 6.04. The van der Waals surface area contributed by atoms with E-state index >= 15 is 0 Å². The van der Waals surface area contributed by atoms with E-state index in [0.717, 1.165) is 25.7 Å². The number of hydrogen-bond donors (Lipinski definition) is 3. The van der Waals surface area contributed by atoms with Crippen molar-refractivity contribution in [2.45, 2.75) is 38.1 Å². The number of carboxylic acids is 1. The number of fused-ring (bicyclic) bond motifs is 1. The highest BCUT2D eigenvalue weighted by Gasteiger charge is 2.24. The Morgan fingerprint density at radius 2 is 2.05 bits per heavy atom. The highest BCUT2D eigenvalue weighted by atomic mass is 32.1. The van der Waals surface area contributed by atoms with E-state index in [9.17, 15) is 14.4 Å². The van der Waals surface area contributed by atoms with Crippen LogP contribution in [0.25, 0.3) is 0 Å². The highest BCUT2D eigenvalue weighted by molar-refractivity contribution is 7.14. The molecular weight excluding hydrogens is 280 g/mol. The summed E-state index contributed by atoms with van der Waals surface area (Å²) in [7, 11) is 0. The fourth-order valence-corrected chi connectivity index (χ4v) is 3.39. The molecule has 4 N–H and O–H groups in total. The Hall–Kier alpha value is -1.89. The molecule has 1 aliphatic carbocycles. The summed E-state index contributed by atoms with van der Waals surface area (Å²) in [5, 5.41) is 11.3. The Labute approximate surface area is 120 Å². The average Bonchev–Trinajstić information content (AvgIpc) is 2.81. The summed E-state index contributed by atoms with van der Waals surface area (Å²) in [6, 6.07) is 0.539. The standard InChI is InChI=1S/C13H16N2O4S/c14-11(16)6-8(13(18)19)15-12(17)10-5-7-3-1-2-4-9(7)20-10/h5,8H,1-4,6H2,(H2,14,16)(H,15,17)(H,18,19). The SMILES string of the molecule is NC(=O)CC(NC(=O)c1cc2c(s1)CCCC2)C(=O)O. The topological polar surface area (TPSA) is 109 Å². The van der Waals surface area contributed by atoms with E-state index in [2.05, 4.69) is 5.32 Å². The fraction of sp³-hybridized carbons (Fsp3) is 0.462. The molecule has 0 spiro atoms. The van der Waals surface area contributed by atoms with Gasteiger partial charge in [0.25, 0.3) is 5.91 Å². The zero-order valence-electron chi connectivity index (χ0n) is 10.8. The smallest absolute Gasteiger partial charge is 0.326 e. The third-order valence-electron chi connectivity index (χ3n) is 3.23. The van der Waals surface area contributed by atoms with Crippen LogP contribution in [0.15, 0.2) is 6.07 Å². The van der Waals surface area contributed by atoms with Gasteiger partial charge in [-0.15, -0.1) is 11.3 Å². The Morgan fingerprint density at radius 1 is 1.35 bits per heavy atom. The molecule has 6 nitrogen and oxygen atoms in total. The monoisotopic (exact) mass is 296 g/mol. The van der Waals surface area contributed by atoms with E-state index in [4.69, 9.17) is 10.8 Å². The van der Waals surface area contributed by atoms with Crippen LogP contribution in [0.3, 0.4) is 0 Å². The lowest BCUT2D eigenvalue weighted by molar-refractivity contribution is -0.140. The van der Waals surface area contributed by atoms with Crippen LogP contribution >= 0.6 is 11.3 Å². The van der Waals surface area contributed by atoms with Crippen LogP contribution in [0.1, 0.15) is 39.4 Å². The van der Waals surface area contributed by atoms with Gasteiger partial charge in [-0.2, -0.15) is 0 Å². The molecule has 1 aromatic heterocycles. The molecule has 2 rings (SSSR count). The quantitative estimate of drug-likeness (QED) is 0.742. The molecule has 0 saturated heterocycles.